The molecule has 0 spiro atoms. The fraction of sp³-hybridized carbons (Fsp3) is 0.714. The third-order valence-corrected chi connectivity index (χ3v) is 3.17. The van der Waals surface area contributed by atoms with Crippen LogP contribution in [-0.2, 0) is 4.74 Å². The van der Waals surface area contributed by atoms with Crippen molar-refractivity contribution in [1.29, 1.82) is 0 Å². The Balaban J connectivity index is 1.95. The average Bonchev–Trinajstić information content (AvgIpc) is 2.37. The number of aryl methyl sites for hydroxylation is 1. The summed E-state index contributed by atoms with van der Waals surface area (Å²) in [7, 11) is 0. The Morgan fingerprint density at radius 3 is 2.89 bits per heavy atom. The molecule has 0 saturated carbocycles. The average molecular weight is 249 g/mol. The Morgan fingerprint density at radius 1 is 1.39 bits per heavy atom. The Hall–Kier alpha value is -1.16. The number of anilines is 1. The van der Waals surface area contributed by atoms with E-state index in [-0.39, 0.29) is 0 Å². The molecule has 0 bridgehead atoms. The highest BCUT2D eigenvalue weighted by Gasteiger charge is 2.14. The molecule has 1 unspecified atom stereocenters. The van der Waals surface area contributed by atoms with Gasteiger partial charge in [0.05, 0.1) is 6.10 Å². The van der Waals surface area contributed by atoms with Crippen LogP contribution in [0.3, 0.4) is 0 Å². The molecule has 0 aromatic carbocycles. The molecule has 0 amide bonds. The van der Waals surface area contributed by atoms with Crippen molar-refractivity contribution in [2.75, 3.05) is 18.5 Å². The van der Waals surface area contributed by atoms with Crippen LogP contribution in [0.2, 0.25) is 0 Å². The maximum atomic E-state index is 5.70. The van der Waals surface area contributed by atoms with E-state index < -0.39 is 0 Å². The van der Waals surface area contributed by atoms with E-state index in [1.807, 2.05) is 13.0 Å². The smallest absolute Gasteiger partial charge is 0.133 e. The van der Waals surface area contributed by atoms with Crippen molar-refractivity contribution in [2.45, 2.75) is 52.1 Å². The van der Waals surface area contributed by atoms with Crippen molar-refractivity contribution in [3.05, 3.63) is 17.6 Å². The normalized spacial score (nSPS) is 20.1. The topological polar surface area (TPSA) is 47.0 Å². The van der Waals surface area contributed by atoms with Crippen LogP contribution < -0.4 is 5.32 Å². The first kappa shape index (κ1) is 13.3. The maximum absolute atomic E-state index is 5.70. The number of aromatic nitrogens is 2. The van der Waals surface area contributed by atoms with Gasteiger partial charge >= 0.3 is 0 Å². The molecule has 1 fully saturated rings. The standard InChI is InChI=1S/C14H23N3O/c1-10(2)14-16-11(3)8-13(17-14)15-9-12-6-4-5-7-18-12/h8,10,12H,4-7,9H2,1-3H3,(H,15,16,17). The van der Waals surface area contributed by atoms with Gasteiger partial charge in [0.15, 0.2) is 0 Å². The molecular formula is C14H23N3O. The Morgan fingerprint density at radius 2 is 2.22 bits per heavy atom. The van der Waals surface area contributed by atoms with Crippen molar-refractivity contribution >= 4 is 5.82 Å². The van der Waals surface area contributed by atoms with E-state index in [1.54, 1.807) is 0 Å². The molecule has 18 heavy (non-hydrogen) atoms. The first-order valence-corrected chi connectivity index (χ1v) is 6.86. The van der Waals surface area contributed by atoms with Gasteiger partial charge in [-0.3, -0.25) is 0 Å². The molecule has 1 atom stereocenters. The Bertz CT molecular complexity index is 387. The number of nitrogens with one attached hydrogen (secondary N) is 1. The van der Waals surface area contributed by atoms with E-state index in [1.165, 1.54) is 12.8 Å². The molecule has 100 valence electrons. The molecule has 4 nitrogen and oxygen atoms in total. The van der Waals surface area contributed by atoms with Gasteiger partial charge in [0.25, 0.3) is 0 Å². The predicted octanol–water partition coefficient (Wildman–Crippen LogP) is 2.89. The molecule has 1 saturated heterocycles. The first-order valence-electron chi connectivity index (χ1n) is 6.86. The number of hydrogen-bond acceptors (Lipinski definition) is 4. The zero-order valence-corrected chi connectivity index (χ0v) is 11.6. The van der Waals surface area contributed by atoms with Crippen molar-refractivity contribution in [3.8, 4) is 0 Å². The van der Waals surface area contributed by atoms with Gasteiger partial charge in [-0.1, -0.05) is 13.8 Å². The summed E-state index contributed by atoms with van der Waals surface area (Å²) < 4.78 is 5.70. The number of hydrogen-bond donors (Lipinski definition) is 1. The van der Waals surface area contributed by atoms with Gasteiger partial charge in [0.2, 0.25) is 0 Å². The lowest BCUT2D eigenvalue weighted by Gasteiger charge is -2.23. The lowest BCUT2D eigenvalue weighted by Crippen LogP contribution is -2.27. The SMILES string of the molecule is Cc1cc(NCC2CCCCO2)nc(C(C)C)n1. The van der Waals surface area contributed by atoms with Gasteiger partial charge in [-0.25, -0.2) is 9.97 Å². The van der Waals surface area contributed by atoms with Crippen LogP contribution in [0.1, 0.15) is 50.5 Å². The Labute approximate surface area is 109 Å². The predicted molar refractivity (Wildman–Crippen MR) is 72.9 cm³/mol. The van der Waals surface area contributed by atoms with Gasteiger partial charge in [-0.15, -0.1) is 0 Å². The van der Waals surface area contributed by atoms with Crippen molar-refractivity contribution in [2.24, 2.45) is 0 Å². The maximum Gasteiger partial charge on any atom is 0.133 e. The summed E-state index contributed by atoms with van der Waals surface area (Å²) in [6.07, 6.45) is 3.94. The minimum absolute atomic E-state index is 0.330. The van der Waals surface area contributed by atoms with Crippen LogP contribution in [0.5, 0.6) is 0 Å². The van der Waals surface area contributed by atoms with Gasteiger partial charge in [-0.05, 0) is 26.2 Å². The van der Waals surface area contributed by atoms with Gasteiger partial charge in [0.1, 0.15) is 11.6 Å². The summed E-state index contributed by atoms with van der Waals surface area (Å²) in [5.74, 6) is 2.18. The van der Waals surface area contributed by atoms with Crippen LogP contribution in [-0.4, -0.2) is 29.2 Å². The van der Waals surface area contributed by atoms with Crippen LogP contribution in [0.4, 0.5) is 5.82 Å². The lowest BCUT2D eigenvalue weighted by molar-refractivity contribution is 0.0247. The van der Waals surface area contributed by atoms with E-state index in [2.05, 4.69) is 29.1 Å². The summed E-state index contributed by atoms with van der Waals surface area (Å²) in [4.78, 5) is 8.99. The summed E-state index contributed by atoms with van der Waals surface area (Å²) in [5.41, 5.74) is 1.01. The van der Waals surface area contributed by atoms with Crippen molar-refractivity contribution in [3.63, 3.8) is 0 Å². The second-order valence-electron chi connectivity index (χ2n) is 5.28. The molecule has 1 aliphatic rings. The molecule has 1 N–H and O–H groups in total. The largest absolute Gasteiger partial charge is 0.376 e. The second-order valence-corrected chi connectivity index (χ2v) is 5.28. The highest BCUT2D eigenvalue weighted by Crippen LogP contribution is 2.16. The van der Waals surface area contributed by atoms with E-state index in [0.717, 1.165) is 36.9 Å². The van der Waals surface area contributed by atoms with E-state index >= 15 is 0 Å². The summed E-state index contributed by atoms with van der Waals surface area (Å²) >= 11 is 0. The van der Waals surface area contributed by atoms with Gasteiger partial charge < -0.3 is 10.1 Å². The zero-order chi connectivity index (χ0) is 13.0. The van der Waals surface area contributed by atoms with E-state index in [9.17, 15) is 0 Å². The quantitative estimate of drug-likeness (QED) is 0.891. The molecule has 4 heteroatoms. The molecular weight excluding hydrogens is 226 g/mol. The van der Waals surface area contributed by atoms with Crippen LogP contribution in [0.25, 0.3) is 0 Å². The van der Waals surface area contributed by atoms with Crippen LogP contribution >= 0.6 is 0 Å². The summed E-state index contributed by atoms with van der Waals surface area (Å²) in [6, 6.07) is 1.99. The van der Waals surface area contributed by atoms with Crippen molar-refractivity contribution < 1.29 is 4.74 Å². The molecule has 1 aromatic heterocycles. The van der Waals surface area contributed by atoms with Gasteiger partial charge in [0, 0.05) is 30.8 Å². The summed E-state index contributed by atoms with van der Waals surface area (Å²) in [5, 5.41) is 3.37. The number of ether oxygens (including phenoxy) is 1. The fourth-order valence-electron chi connectivity index (χ4n) is 2.13. The van der Waals surface area contributed by atoms with Gasteiger partial charge in [-0.2, -0.15) is 0 Å². The van der Waals surface area contributed by atoms with E-state index in [0.29, 0.717) is 12.0 Å². The molecule has 2 rings (SSSR count). The lowest BCUT2D eigenvalue weighted by atomic mass is 10.1. The highest BCUT2D eigenvalue weighted by atomic mass is 16.5. The van der Waals surface area contributed by atoms with Crippen LogP contribution in [0, 0.1) is 6.92 Å². The second kappa shape index (κ2) is 6.14. The van der Waals surface area contributed by atoms with E-state index in [4.69, 9.17) is 4.74 Å². The minimum atomic E-state index is 0.330. The molecule has 1 aromatic rings. The summed E-state index contributed by atoms with van der Waals surface area (Å²) in [6.45, 7) is 7.97. The van der Waals surface area contributed by atoms with Crippen LogP contribution in [0.15, 0.2) is 6.07 Å². The third-order valence-electron chi connectivity index (χ3n) is 3.17. The first-order chi connectivity index (χ1) is 8.65. The molecule has 0 radical (unpaired) electrons. The third kappa shape index (κ3) is 3.67. The van der Waals surface area contributed by atoms with Crippen molar-refractivity contribution in [1.82, 2.24) is 9.97 Å². The molecule has 0 aliphatic carbocycles. The molecule has 2 heterocycles. The number of rotatable bonds is 4. The Kier molecular flexibility index (Phi) is 4.53. The fourth-order valence-corrected chi connectivity index (χ4v) is 2.13. The molecule has 1 aliphatic heterocycles. The highest BCUT2D eigenvalue weighted by molar-refractivity contribution is 5.36. The minimum Gasteiger partial charge on any atom is -0.376 e. The monoisotopic (exact) mass is 249 g/mol. The number of nitrogens with zero attached hydrogens (tertiary/aromatic N) is 2. The zero-order valence-electron chi connectivity index (χ0n) is 11.6.